The zero-order chi connectivity index (χ0) is 13.4. The summed E-state index contributed by atoms with van der Waals surface area (Å²) in [5.41, 5.74) is 2.01. The highest BCUT2D eigenvalue weighted by atomic mass is 19.1. The first-order valence-corrected chi connectivity index (χ1v) is 5.97. The maximum Gasteiger partial charge on any atom is 0.193 e. The van der Waals surface area contributed by atoms with Gasteiger partial charge in [0.2, 0.25) is 0 Å². The topological polar surface area (TPSA) is 37.3 Å². The van der Waals surface area contributed by atoms with E-state index >= 15 is 0 Å². The second kappa shape index (κ2) is 4.35. The van der Waals surface area contributed by atoms with Crippen molar-refractivity contribution in [3.8, 4) is 5.75 Å². The van der Waals surface area contributed by atoms with Crippen LogP contribution >= 0.6 is 0 Å². The molecule has 2 aromatic rings. The molecule has 0 unspecified atom stereocenters. The van der Waals surface area contributed by atoms with Gasteiger partial charge in [0, 0.05) is 17.6 Å². The highest BCUT2D eigenvalue weighted by molar-refractivity contribution is 6.17. The Morgan fingerprint density at radius 1 is 1.11 bits per heavy atom. The molecule has 0 radical (unpaired) electrons. The van der Waals surface area contributed by atoms with Gasteiger partial charge in [-0.25, -0.2) is 4.39 Å². The van der Waals surface area contributed by atoms with Crippen molar-refractivity contribution in [2.24, 2.45) is 0 Å². The minimum Gasteiger partial charge on any atom is -0.507 e. The zero-order valence-corrected chi connectivity index (χ0v) is 10.1. The van der Waals surface area contributed by atoms with Crippen LogP contribution in [0.3, 0.4) is 0 Å². The average Bonchev–Trinajstić information content (AvgIpc) is 2.71. The number of phenols is 1. The van der Waals surface area contributed by atoms with E-state index in [1.54, 1.807) is 36.4 Å². The van der Waals surface area contributed by atoms with Crippen molar-refractivity contribution >= 4 is 11.9 Å². The van der Waals surface area contributed by atoms with Gasteiger partial charge in [0.1, 0.15) is 11.6 Å². The van der Waals surface area contributed by atoms with Gasteiger partial charge in [0.05, 0.1) is 5.56 Å². The van der Waals surface area contributed by atoms with Crippen molar-refractivity contribution in [2.45, 2.75) is 6.42 Å². The summed E-state index contributed by atoms with van der Waals surface area (Å²) >= 11 is 0. The van der Waals surface area contributed by atoms with Crippen molar-refractivity contribution in [1.82, 2.24) is 0 Å². The summed E-state index contributed by atoms with van der Waals surface area (Å²) in [6.07, 6.45) is 1.98. The predicted octanol–water partition coefficient (Wildman–Crippen LogP) is 3.35. The fraction of sp³-hybridized carbons (Fsp3) is 0.0625. The molecule has 2 nitrogen and oxygen atoms in total. The van der Waals surface area contributed by atoms with Crippen LogP contribution in [0, 0.1) is 5.82 Å². The first-order valence-electron chi connectivity index (χ1n) is 5.97. The summed E-state index contributed by atoms with van der Waals surface area (Å²) in [7, 11) is 0. The molecule has 3 heteroatoms. The van der Waals surface area contributed by atoms with Crippen LogP contribution in [0.4, 0.5) is 4.39 Å². The van der Waals surface area contributed by atoms with Gasteiger partial charge in [-0.05, 0) is 23.8 Å². The van der Waals surface area contributed by atoms with Gasteiger partial charge in [0.25, 0.3) is 0 Å². The summed E-state index contributed by atoms with van der Waals surface area (Å²) in [4.78, 5) is 12.2. The first-order chi connectivity index (χ1) is 9.16. The number of aromatic hydroxyl groups is 1. The van der Waals surface area contributed by atoms with Gasteiger partial charge >= 0.3 is 0 Å². The first kappa shape index (κ1) is 11.7. The maximum atomic E-state index is 13.6. The van der Waals surface area contributed by atoms with Crippen LogP contribution in [-0.2, 0) is 6.42 Å². The smallest absolute Gasteiger partial charge is 0.193 e. The van der Waals surface area contributed by atoms with Crippen LogP contribution in [0.15, 0.2) is 48.0 Å². The zero-order valence-electron chi connectivity index (χ0n) is 10.1. The molecule has 0 fully saturated rings. The van der Waals surface area contributed by atoms with E-state index in [4.69, 9.17) is 0 Å². The number of phenolic OH excluding ortho intramolecular Hbond substituents is 1. The van der Waals surface area contributed by atoms with Crippen molar-refractivity contribution in [1.29, 1.82) is 0 Å². The molecule has 0 spiro atoms. The number of allylic oxidation sites excluding steroid dienone is 1. The van der Waals surface area contributed by atoms with Gasteiger partial charge < -0.3 is 5.11 Å². The molecule has 0 aromatic heterocycles. The lowest BCUT2D eigenvalue weighted by Gasteiger charge is -1.99. The Labute approximate surface area is 109 Å². The van der Waals surface area contributed by atoms with E-state index in [2.05, 4.69) is 0 Å². The second-order valence-corrected chi connectivity index (χ2v) is 4.51. The molecule has 94 valence electrons. The number of hydrogen-bond donors (Lipinski definition) is 1. The molecule has 0 saturated carbocycles. The van der Waals surface area contributed by atoms with E-state index in [0.29, 0.717) is 23.1 Å². The van der Waals surface area contributed by atoms with Gasteiger partial charge in [-0.2, -0.15) is 0 Å². The Kier molecular flexibility index (Phi) is 2.67. The Morgan fingerprint density at radius 2 is 1.89 bits per heavy atom. The fourth-order valence-corrected chi connectivity index (χ4v) is 2.34. The maximum absolute atomic E-state index is 13.6. The van der Waals surface area contributed by atoms with E-state index in [1.807, 2.05) is 0 Å². The molecule has 3 rings (SSSR count). The summed E-state index contributed by atoms with van der Waals surface area (Å²) in [6.45, 7) is 0. The second-order valence-electron chi connectivity index (χ2n) is 4.51. The number of carbonyl (C=O) groups excluding carboxylic acids is 1. The van der Waals surface area contributed by atoms with Crippen LogP contribution in [0.5, 0.6) is 5.75 Å². The Balaban J connectivity index is 2.05. The minimum atomic E-state index is -0.358. The molecule has 19 heavy (non-hydrogen) atoms. The van der Waals surface area contributed by atoms with Crippen LogP contribution in [0.1, 0.15) is 21.5 Å². The van der Waals surface area contributed by atoms with Crippen molar-refractivity contribution in [3.05, 3.63) is 70.5 Å². The molecule has 0 atom stereocenters. The molecule has 1 N–H and O–H groups in total. The molecule has 2 aromatic carbocycles. The number of fused-ring (bicyclic) bond motifs is 1. The Hall–Kier alpha value is -2.42. The number of halogens is 1. The van der Waals surface area contributed by atoms with Crippen LogP contribution < -0.4 is 0 Å². The number of Topliss-reactive ketones (excluding diaryl/α,β-unsaturated/α-hetero) is 1. The largest absolute Gasteiger partial charge is 0.507 e. The predicted molar refractivity (Wildman–Crippen MR) is 70.5 cm³/mol. The normalized spacial score (nSPS) is 15.8. The van der Waals surface area contributed by atoms with E-state index in [0.717, 1.165) is 5.56 Å². The van der Waals surface area contributed by atoms with E-state index in [1.165, 1.54) is 12.1 Å². The van der Waals surface area contributed by atoms with Crippen molar-refractivity contribution < 1.29 is 14.3 Å². The molecule has 0 aliphatic heterocycles. The van der Waals surface area contributed by atoms with Gasteiger partial charge in [-0.1, -0.05) is 30.3 Å². The van der Waals surface area contributed by atoms with Gasteiger partial charge in [0.15, 0.2) is 5.78 Å². The number of hydrogen-bond acceptors (Lipinski definition) is 2. The lowest BCUT2D eigenvalue weighted by atomic mass is 10.1. The average molecular weight is 254 g/mol. The summed E-state index contributed by atoms with van der Waals surface area (Å²) in [6, 6.07) is 11.3. The molecular weight excluding hydrogens is 243 g/mol. The Morgan fingerprint density at radius 3 is 2.63 bits per heavy atom. The Bertz CT molecular complexity index is 702. The molecule has 0 bridgehead atoms. The monoisotopic (exact) mass is 254 g/mol. The molecular formula is C16H11FO2. The fourth-order valence-electron chi connectivity index (χ4n) is 2.34. The molecule has 1 aliphatic rings. The molecule has 0 heterocycles. The number of rotatable bonds is 1. The quantitative estimate of drug-likeness (QED) is 0.792. The standard InChI is InChI=1S/C16H11FO2/c17-13-6-2-1-4-10(13)8-12-9-11-5-3-7-14(18)15(11)16(12)19/h1-8,18H,9H2/b12-8+. The van der Waals surface area contributed by atoms with Crippen molar-refractivity contribution in [3.63, 3.8) is 0 Å². The van der Waals surface area contributed by atoms with E-state index in [-0.39, 0.29) is 17.3 Å². The van der Waals surface area contributed by atoms with Crippen LogP contribution in [0.25, 0.3) is 6.08 Å². The van der Waals surface area contributed by atoms with E-state index < -0.39 is 0 Å². The lowest BCUT2D eigenvalue weighted by Crippen LogP contribution is -1.96. The lowest BCUT2D eigenvalue weighted by molar-refractivity contribution is 0.103. The number of carbonyl (C=O) groups is 1. The van der Waals surface area contributed by atoms with Crippen molar-refractivity contribution in [2.75, 3.05) is 0 Å². The molecule has 0 saturated heterocycles. The summed E-state index contributed by atoms with van der Waals surface area (Å²) in [5.74, 6) is -0.598. The highest BCUT2D eigenvalue weighted by Crippen LogP contribution is 2.33. The summed E-state index contributed by atoms with van der Waals surface area (Å²) < 4.78 is 13.6. The third-order valence-electron chi connectivity index (χ3n) is 3.26. The molecule has 1 aliphatic carbocycles. The molecule has 0 amide bonds. The third kappa shape index (κ3) is 1.93. The summed E-state index contributed by atoms with van der Waals surface area (Å²) in [5, 5.41) is 9.72. The van der Waals surface area contributed by atoms with E-state index in [9.17, 15) is 14.3 Å². The third-order valence-corrected chi connectivity index (χ3v) is 3.26. The SMILES string of the molecule is O=C1/C(=C/c2ccccc2F)Cc2cccc(O)c21. The highest BCUT2D eigenvalue weighted by Gasteiger charge is 2.27. The van der Waals surface area contributed by atoms with Gasteiger partial charge in [-0.3, -0.25) is 4.79 Å². The van der Waals surface area contributed by atoms with Crippen LogP contribution in [0.2, 0.25) is 0 Å². The number of benzene rings is 2. The number of ketones is 1. The minimum absolute atomic E-state index is 0.0144. The van der Waals surface area contributed by atoms with Gasteiger partial charge in [-0.15, -0.1) is 0 Å². The van der Waals surface area contributed by atoms with Crippen LogP contribution in [-0.4, -0.2) is 10.9 Å².